The molecule has 1 aromatic carbocycles. The van der Waals surface area contributed by atoms with E-state index in [1.807, 2.05) is 20.8 Å². The van der Waals surface area contributed by atoms with Crippen LogP contribution in [-0.4, -0.2) is 19.1 Å². The van der Waals surface area contributed by atoms with Crippen LogP contribution in [0.5, 0.6) is 0 Å². The number of ether oxygens (including phenoxy) is 1. The molecule has 0 saturated carbocycles. The first-order valence-electron chi connectivity index (χ1n) is 6.69. The average molecular weight is 346 g/mol. The van der Waals surface area contributed by atoms with Gasteiger partial charge in [0.15, 0.2) is 0 Å². The molecule has 0 spiro atoms. The molecular formula is C15H21BrFNO2. The molecule has 1 rings (SSSR count). The summed E-state index contributed by atoms with van der Waals surface area (Å²) in [6.45, 7) is 5.97. The summed E-state index contributed by atoms with van der Waals surface area (Å²) in [6, 6.07) is 4.07. The molecule has 0 aromatic heterocycles. The Bertz CT molecular complexity index is 467. The Hall–Kier alpha value is -0.940. The number of hydrogen-bond donors (Lipinski definition) is 1. The van der Waals surface area contributed by atoms with Crippen LogP contribution < -0.4 is 5.32 Å². The Morgan fingerprint density at radius 1 is 1.45 bits per heavy atom. The second kappa shape index (κ2) is 7.74. The van der Waals surface area contributed by atoms with Crippen molar-refractivity contribution < 1.29 is 13.9 Å². The average Bonchev–Trinajstić information content (AvgIpc) is 2.42. The lowest BCUT2D eigenvalue weighted by molar-refractivity contribution is -0.144. The maximum absolute atomic E-state index is 13.1. The number of methoxy groups -OCH3 is 1. The maximum atomic E-state index is 13.1. The van der Waals surface area contributed by atoms with E-state index in [0.717, 1.165) is 12.0 Å². The number of carbonyl (C=O) groups is 1. The van der Waals surface area contributed by atoms with Crippen molar-refractivity contribution in [2.75, 3.05) is 7.11 Å². The number of halogens is 2. The largest absolute Gasteiger partial charge is 0.468 e. The summed E-state index contributed by atoms with van der Waals surface area (Å²) < 4.78 is 18.6. The van der Waals surface area contributed by atoms with Crippen molar-refractivity contribution in [1.82, 2.24) is 5.32 Å². The van der Waals surface area contributed by atoms with Gasteiger partial charge in [0.25, 0.3) is 0 Å². The second-order valence-corrected chi connectivity index (χ2v) is 5.79. The smallest absolute Gasteiger partial charge is 0.323 e. The molecule has 0 saturated heterocycles. The predicted octanol–water partition coefficient (Wildman–Crippen LogP) is 3.83. The molecule has 0 heterocycles. The third kappa shape index (κ3) is 4.28. The zero-order valence-electron chi connectivity index (χ0n) is 12.2. The highest BCUT2D eigenvalue weighted by Gasteiger charge is 2.27. The van der Waals surface area contributed by atoms with Crippen LogP contribution in [0.3, 0.4) is 0 Å². The molecule has 0 bridgehead atoms. The number of hydrogen-bond acceptors (Lipinski definition) is 3. The minimum Gasteiger partial charge on any atom is -0.468 e. The van der Waals surface area contributed by atoms with Gasteiger partial charge in [-0.1, -0.05) is 42.3 Å². The Labute approximate surface area is 128 Å². The van der Waals surface area contributed by atoms with Gasteiger partial charge in [-0.05, 0) is 30.5 Å². The van der Waals surface area contributed by atoms with E-state index in [0.29, 0.717) is 4.47 Å². The molecule has 0 aliphatic carbocycles. The Balaban J connectivity index is 2.90. The molecule has 1 N–H and O–H groups in total. The summed E-state index contributed by atoms with van der Waals surface area (Å²) in [4.78, 5) is 11.9. The van der Waals surface area contributed by atoms with Gasteiger partial charge in [-0.3, -0.25) is 10.1 Å². The molecule has 0 amide bonds. The van der Waals surface area contributed by atoms with Crippen molar-refractivity contribution in [2.24, 2.45) is 5.92 Å². The first-order chi connectivity index (χ1) is 9.40. The van der Waals surface area contributed by atoms with Crippen LogP contribution in [-0.2, 0) is 9.53 Å². The summed E-state index contributed by atoms with van der Waals surface area (Å²) >= 11 is 3.35. The summed E-state index contributed by atoms with van der Waals surface area (Å²) in [5, 5.41) is 3.27. The highest BCUT2D eigenvalue weighted by molar-refractivity contribution is 9.10. The van der Waals surface area contributed by atoms with Crippen molar-refractivity contribution >= 4 is 21.9 Å². The number of nitrogens with one attached hydrogen (secondary N) is 1. The van der Waals surface area contributed by atoms with E-state index in [-0.39, 0.29) is 29.8 Å². The molecule has 0 fully saturated rings. The molecule has 112 valence electrons. The minimum atomic E-state index is -0.378. The first kappa shape index (κ1) is 17.1. The zero-order valence-corrected chi connectivity index (χ0v) is 13.8. The zero-order chi connectivity index (χ0) is 15.3. The number of rotatable bonds is 6. The Morgan fingerprint density at radius 3 is 2.60 bits per heavy atom. The summed E-state index contributed by atoms with van der Waals surface area (Å²) in [6.07, 6.45) is 0.865. The standard InChI is InChI=1S/C15H21BrFNO2/c1-5-9(2)14(15(19)20-4)18-10(3)12-7-6-11(17)8-13(12)16/h6-10,14,18H,5H2,1-4H3. The molecule has 3 unspecified atom stereocenters. The van der Waals surface area contributed by atoms with E-state index in [9.17, 15) is 9.18 Å². The minimum absolute atomic E-state index is 0.0944. The maximum Gasteiger partial charge on any atom is 0.323 e. The van der Waals surface area contributed by atoms with Gasteiger partial charge >= 0.3 is 5.97 Å². The van der Waals surface area contributed by atoms with Crippen LogP contribution in [0.15, 0.2) is 22.7 Å². The number of benzene rings is 1. The predicted molar refractivity (Wildman–Crippen MR) is 80.9 cm³/mol. The second-order valence-electron chi connectivity index (χ2n) is 4.94. The van der Waals surface area contributed by atoms with Crippen LogP contribution in [0.2, 0.25) is 0 Å². The van der Waals surface area contributed by atoms with Gasteiger partial charge in [-0.2, -0.15) is 0 Å². The molecule has 20 heavy (non-hydrogen) atoms. The van der Waals surface area contributed by atoms with Crippen LogP contribution >= 0.6 is 15.9 Å². The first-order valence-corrected chi connectivity index (χ1v) is 7.48. The van der Waals surface area contributed by atoms with E-state index < -0.39 is 0 Å². The van der Waals surface area contributed by atoms with E-state index in [1.165, 1.54) is 19.2 Å². The molecule has 0 aliphatic heterocycles. The topological polar surface area (TPSA) is 38.3 Å². The Kier molecular flexibility index (Phi) is 6.62. The summed E-state index contributed by atoms with van der Waals surface area (Å²) in [5.74, 6) is -0.409. The molecule has 3 atom stereocenters. The fourth-order valence-corrected chi connectivity index (χ4v) is 2.73. The third-order valence-corrected chi connectivity index (χ3v) is 4.21. The quantitative estimate of drug-likeness (QED) is 0.796. The summed E-state index contributed by atoms with van der Waals surface area (Å²) in [5.41, 5.74) is 0.906. The van der Waals surface area contributed by atoms with Gasteiger partial charge in [0.05, 0.1) is 7.11 Å². The van der Waals surface area contributed by atoms with Gasteiger partial charge in [-0.15, -0.1) is 0 Å². The fraction of sp³-hybridized carbons (Fsp3) is 0.533. The van der Waals surface area contributed by atoms with Crippen LogP contribution in [0, 0.1) is 11.7 Å². The molecule has 0 aliphatic rings. The normalized spacial score (nSPS) is 15.5. The van der Waals surface area contributed by atoms with Crippen LogP contribution in [0.25, 0.3) is 0 Å². The van der Waals surface area contributed by atoms with Crippen molar-refractivity contribution in [1.29, 1.82) is 0 Å². The van der Waals surface area contributed by atoms with Gasteiger partial charge in [0, 0.05) is 10.5 Å². The lowest BCUT2D eigenvalue weighted by Gasteiger charge is -2.26. The van der Waals surface area contributed by atoms with E-state index in [4.69, 9.17) is 4.74 Å². The van der Waals surface area contributed by atoms with E-state index in [1.54, 1.807) is 6.07 Å². The third-order valence-electron chi connectivity index (χ3n) is 3.53. The SMILES string of the molecule is CCC(C)C(NC(C)c1ccc(F)cc1Br)C(=O)OC. The highest BCUT2D eigenvalue weighted by atomic mass is 79.9. The number of esters is 1. The van der Waals surface area contributed by atoms with Crippen LogP contribution in [0.1, 0.15) is 38.8 Å². The van der Waals surface area contributed by atoms with Crippen molar-refractivity contribution in [2.45, 2.75) is 39.3 Å². The molecule has 5 heteroatoms. The van der Waals surface area contributed by atoms with Crippen molar-refractivity contribution in [3.8, 4) is 0 Å². The number of carbonyl (C=O) groups excluding carboxylic acids is 1. The Morgan fingerprint density at radius 2 is 2.10 bits per heavy atom. The summed E-state index contributed by atoms with van der Waals surface area (Å²) in [7, 11) is 1.39. The van der Waals surface area contributed by atoms with Crippen molar-refractivity contribution in [3.63, 3.8) is 0 Å². The van der Waals surface area contributed by atoms with Crippen molar-refractivity contribution in [3.05, 3.63) is 34.1 Å². The van der Waals surface area contributed by atoms with Gasteiger partial charge in [0.1, 0.15) is 11.9 Å². The fourth-order valence-electron chi connectivity index (χ4n) is 2.04. The van der Waals surface area contributed by atoms with Gasteiger partial charge in [0.2, 0.25) is 0 Å². The van der Waals surface area contributed by atoms with E-state index >= 15 is 0 Å². The molecular weight excluding hydrogens is 325 g/mol. The van der Waals surface area contributed by atoms with Gasteiger partial charge in [-0.25, -0.2) is 4.39 Å². The van der Waals surface area contributed by atoms with Crippen LogP contribution in [0.4, 0.5) is 4.39 Å². The lowest BCUT2D eigenvalue weighted by atomic mass is 9.97. The molecule has 3 nitrogen and oxygen atoms in total. The monoisotopic (exact) mass is 345 g/mol. The molecule has 1 aromatic rings. The highest BCUT2D eigenvalue weighted by Crippen LogP contribution is 2.25. The molecule has 0 radical (unpaired) electrons. The lowest BCUT2D eigenvalue weighted by Crippen LogP contribution is -2.43. The van der Waals surface area contributed by atoms with E-state index in [2.05, 4.69) is 21.2 Å². The van der Waals surface area contributed by atoms with Gasteiger partial charge < -0.3 is 4.74 Å².